The Morgan fingerprint density at radius 1 is 1.14 bits per heavy atom. The second kappa shape index (κ2) is 8.57. The fourth-order valence-corrected chi connectivity index (χ4v) is 4.08. The van der Waals surface area contributed by atoms with Gasteiger partial charge >= 0.3 is 0 Å². The van der Waals surface area contributed by atoms with Gasteiger partial charge in [0.2, 0.25) is 0 Å². The number of rotatable bonds is 5. The third-order valence-electron chi connectivity index (χ3n) is 5.05. The molecule has 2 amide bonds. The molecule has 4 rings (SSSR count). The van der Waals surface area contributed by atoms with Crippen LogP contribution in [0.1, 0.15) is 50.9 Å². The standard InChI is InChI=1S/C21H23N5O2S/c1-25(14-19-24-23-18-7-3-2-4-12-26(18)19)21(28)15-8-10-16(11-9-15)22-20(27)17-6-5-13-29-17/h5-6,8-11,13H,2-4,7,12,14H2,1H3,(H,22,27). The molecule has 0 spiro atoms. The van der Waals surface area contributed by atoms with Crippen molar-refractivity contribution in [2.24, 2.45) is 0 Å². The summed E-state index contributed by atoms with van der Waals surface area (Å²) in [4.78, 5) is 27.2. The van der Waals surface area contributed by atoms with Crippen molar-refractivity contribution in [2.45, 2.75) is 38.8 Å². The number of benzene rings is 1. The van der Waals surface area contributed by atoms with E-state index in [4.69, 9.17) is 0 Å². The minimum absolute atomic E-state index is 0.0906. The number of carbonyl (C=O) groups excluding carboxylic acids is 2. The van der Waals surface area contributed by atoms with Crippen molar-refractivity contribution in [2.75, 3.05) is 12.4 Å². The molecule has 1 aliphatic rings. The van der Waals surface area contributed by atoms with Crippen LogP contribution in [0.2, 0.25) is 0 Å². The highest BCUT2D eigenvalue weighted by atomic mass is 32.1. The first kappa shape index (κ1) is 19.3. The molecule has 0 unspecified atom stereocenters. The third kappa shape index (κ3) is 4.37. The largest absolute Gasteiger partial charge is 0.334 e. The summed E-state index contributed by atoms with van der Waals surface area (Å²) in [5.41, 5.74) is 1.22. The molecular formula is C21H23N5O2S. The molecule has 8 heteroatoms. The minimum Gasteiger partial charge on any atom is -0.334 e. The van der Waals surface area contributed by atoms with Gasteiger partial charge in [0.25, 0.3) is 11.8 Å². The first-order valence-corrected chi connectivity index (χ1v) is 10.6. The first-order valence-electron chi connectivity index (χ1n) is 9.73. The van der Waals surface area contributed by atoms with Crippen molar-refractivity contribution < 1.29 is 9.59 Å². The van der Waals surface area contributed by atoms with Crippen molar-refractivity contribution in [3.8, 4) is 0 Å². The average molecular weight is 410 g/mol. The maximum absolute atomic E-state index is 12.8. The number of hydrogen-bond acceptors (Lipinski definition) is 5. The van der Waals surface area contributed by atoms with E-state index in [-0.39, 0.29) is 11.8 Å². The van der Waals surface area contributed by atoms with Crippen LogP contribution in [0.5, 0.6) is 0 Å². The number of anilines is 1. The van der Waals surface area contributed by atoms with Gasteiger partial charge in [-0.3, -0.25) is 9.59 Å². The predicted molar refractivity (Wildman–Crippen MR) is 112 cm³/mol. The van der Waals surface area contributed by atoms with Gasteiger partial charge in [-0.05, 0) is 48.6 Å². The average Bonchev–Trinajstić information content (AvgIpc) is 3.33. The number of fused-ring (bicyclic) bond motifs is 1. The van der Waals surface area contributed by atoms with Gasteiger partial charge in [0.1, 0.15) is 5.82 Å². The highest BCUT2D eigenvalue weighted by Gasteiger charge is 2.19. The lowest BCUT2D eigenvalue weighted by Gasteiger charge is -2.18. The normalized spacial score (nSPS) is 13.4. The summed E-state index contributed by atoms with van der Waals surface area (Å²) in [5, 5.41) is 13.3. The molecule has 0 radical (unpaired) electrons. The number of aromatic nitrogens is 3. The van der Waals surface area contributed by atoms with Crippen molar-refractivity contribution in [1.29, 1.82) is 0 Å². The summed E-state index contributed by atoms with van der Waals surface area (Å²) in [6.07, 6.45) is 4.41. The predicted octanol–water partition coefficient (Wildman–Crippen LogP) is 3.59. The molecule has 1 aliphatic heterocycles. The van der Waals surface area contributed by atoms with Gasteiger partial charge in [-0.1, -0.05) is 12.5 Å². The maximum atomic E-state index is 12.8. The van der Waals surface area contributed by atoms with E-state index in [2.05, 4.69) is 20.1 Å². The molecule has 2 aromatic heterocycles. The van der Waals surface area contributed by atoms with E-state index in [1.807, 2.05) is 11.4 Å². The number of aryl methyl sites for hydroxylation is 1. The maximum Gasteiger partial charge on any atom is 0.265 e. The van der Waals surface area contributed by atoms with Crippen LogP contribution in [-0.2, 0) is 19.5 Å². The highest BCUT2D eigenvalue weighted by Crippen LogP contribution is 2.18. The molecule has 0 saturated heterocycles. The first-order chi connectivity index (χ1) is 14.1. The molecule has 0 aliphatic carbocycles. The van der Waals surface area contributed by atoms with Crippen LogP contribution in [0, 0.1) is 0 Å². The van der Waals surface area contributed by atoms with E-state index < -0.39 is 0 Å². The lowest BCUT2D eigenvalue weighted by atomic mass is 10.2. The Morgan fingerprint density at radius 2 is 1.97 bits per heavy atom. The van der Waals surface area contributed by atoms with E-state index >= 15 is 0 Å². The quantitative estimate of drug-likeness (QED) is 0.698. The van der Waals surface area contributed by atoms with Crippen LogP contribution >= 0.6 is 11.3 Å². The van der Waals surface area contributed by atoms with E-state index in [0.717, 1.165) is 37.5 Å². The van der Waals surface area contributed by atoms with Crippen LogP contribution in [0.4, 0.5) is 5.69 Å². The van der Waals surface area contributed by atoms with Crippen LogP contribution in [0.25, 0.3) is 0 Å². The molecular weight excluding hydrogens is 386 g/mol. The van der Waals surface area contributed by atoms with Gasteiger partial charge in [-0.25, -0.2) is 0 Å². The topological polar surface area (TPSA) is 80.1 Å². The number of carbonyl (C=O) groups is 2. The van der Waals surface area contributed by atoms with Crippen molar-refractivity contribution in [3.05, 3.63) is 63.9 Å². The zero-order chi connectivity index (χ0) is 20.2. The summed E-state index contributed by atoms with van der Waals surface area (Å²) in [6, 6.07) is 10.6. The Kier molecular flexibility index (Phi) is 5.71. The van der Waals surface area contributed by atoms with E-state index in [1.54, 1.807) is 42.3 Å². The fourth-order valence-electron chi connectivity index (χ4n) is 3.46. The lowest BCUT2D eigenvalue weighted by molar-refractivity contribution is 0.0779. The number of nitrogens with one attached hydrogen (secondary N) is 1. The van der Waals surface area contributed by atoms with E-state index in [1.165, 1.54) is 17.8 Å². The second-order valence-electron chi connectivity index (χ2n) is 7.16. The molecule has 1 aromatic carbocycles. The summed E-state index contributed by atoms with van der Waals surface area (Å²) < 4.78 is 2.15. The van der Waals surface area contributed by atoms with Gasteiger partial charge in [0.15, 0.2) is 5.82 Å². The molecule has 7 nitrogen and oxygen atoms in total. The molecule has 0 saturated carbocycles. The molecule has 3 heterocycles. The zero-order valence-corrected chi connectivity index (χ0v) is 17.1. The van der Waals surface area contributed by atoms with Gasteiger partial charge in [0.05, 0.1) is 11.4 Å². The van der Waals surface area contributed by atoms with Crippen molar-refractivity contribution in [3.63, 3.8) is 0 Å². The Balaban J connectivity index is 1.40. The molecule has 0 atom stereocenters. The van der Waals surface area contributed by atoms with Gasteiger partial charge in [0, 0.05) is 31.3 Å². The Labute approximate surface area is 173 Å². The monoisotopic (exact) mass is 409 g/mol. The molecule has 29 heavy (non-hydrogen) atoms. The van der Waals surface area contributed by atoms with Gasteiger partial charge in [-0.2, -0.15) is 0 Å². The minimum atomic E-state index is -0.149. The number of thiophene rings is 1. The van der Waals surface area contributed by atoms with Crippen molar-refractivity contribution >= 4 is 28.8 Å². The Morgan fingerprint density at radius 3 is 2.72 bits per heavy atom. The second-order valence-corrected chi connectivity index (χ2v) is 8.11. The highest BCUT2D eigenvalue weighted by molar-refractivity contribution is 7.12. The van der Waals surface area contributed by atoms with E-state index in [9.17, 15) is 9.59 Å². The number of nitrogens with zero attached hydrogens (tertiary/aromatic N) is 4. The Bertz CT molecular complexity index is 995. The molecule has 0 fully saturated rings. The third-order valence-corrected chi connectivity index (χ3v) is 5.91. The number of amides is 2. The summed E-state index contributed by atoms with van der Waals surface area (Å²) in [7, 11) is 1.77. The summed E-state index contributed by atoms with van der Waals surface area (Å²) >= 11 is 1.39. The molecule has 0 bridgehead atoms. The van der Waals surface area contributed by atoms with Crippen LogP contribution in [0.15, 0.2) is 41.8 Å². The van der Waals surface area contributed by atoms with E-state index in [0.29, 0.717) is 22.7 Å². The zero-order valence-electron chi connectivity index (χ0n) is 16.3. The lowest BCUT2D eigenvalue weighted by Crippen LogP contribution is -2.28. The van der Waals surface area contributed by atoms with Gasteiger partial charge in [-0.15, -0.1) is 21.5 Å². The Hall–Kier alpha value is -3.00. The number of hydrogen-bond donors (Lipinski definition) is 1. The fraction of sp³-hybridized carbons (Fsp3) is 0.333. The molecule has 150 valence electrons. The molecule has 1 N–H and O–H groups in total. The van der Waals surface area contributed by atoms with Crippen LogP contribution in [-0.4, -0.2) is 38.5 Å². The smallest absolute Gasteiger partial charge is 0.265 e. The van der Waals surface area contributed by atoms with Gasteiger partial charge < -0.3 is 14.8 Å². The van der Waals surface area contributed by atoms with Crippen LogP contribution < -0.4 is 5.32 Å². The molecule has 3 aromatic rings. The summed E-state index contributed by atoms with van der Waals surface area (Å²) in [5.74, 6) is 1.61. The van der Waals surface area contributed by atoms with Crippen LogP contribution in [0.3, 0.4) is 0 Å². The SMILES string of the molecule is CN(Cc1nnc2n1CCCCC2)C(=O)c1ccc(NC(=O)c2cccs2)cc1. The van der Waals surface area contributed by atoms with Crippen molar-refractivity contribution in [1.82, 2.24) is 19.7 Å². The summed E-state index contributed by atoms with van der Waals surface area (Å²) in [6.45, 7) is 1.33.